The van der Waals surface area contributed by atoms with Gasteiger partial charge in [0.2, 0.25) is 0 Å². The van der Waals surface area contributed by atoms with E-state index in [2.05, 4.69) is 6.07 Å². The van der Waals surface area contributed by atoms with E-state index in [0.29, 0.717) is 32.7 Å². The van der Waals surface area contributed by atoms with Gasteiger partial charge in [-0.05, 0) is 84.1 Å². The molecule has 6 nitrogen and oxygen atoms in total. The van der Waals surface area contributed by atoms with E-state index in [1.807, 2.05) is 0 Å². The van der Waals surface area contributed by atoms with Crippen LogP contribution < -0.4 is 0 Å². The summed E-state index contributed by atoms with van der Waals surface area (Å²) in [5, 5.41) is 21.4. The van der Waals surface area contributed by atoms with Crippen molar-refractivity contribution in [3.05, 3.63) is 123 Å². The van der Waals surface area contributed by atoms with Crippen LogP contribution in [0.2, 0.25) is 5.02 Å². The minimum Gasteiger partial charge on any atom is -0.478 e. The van der Waals surface area contributed by atoms with E-state index < -0.39 is 27.6 Å². The molecule has 0 radical (unpaired) electrons. The minimum atomic E-state index is -4.43. The van der Waals surface area contributed by atoms with E-state index >= 15 is 0 Å². The molecule has 0 fully saturated rings. The standard InChI is InChI=1S/C33H19ClF2N2O4S2/c1-18-13-23(7-9-28(18)36)44(41,42)38-29-10-6-22(35)16-26(29)31(25-11-12-43-30(25)17-37)32(38)20-4-2-3-19(14-20)24-8-5-21(33(39)40)15-27(24)34/h2-16H,1H3,(H,39,40). The number of hydrogen-bond acceptors (Lipinski definition) is 5. The number of thiophene rings is 1. The van der Waals surface area contributed by atoms with Gasteiger partial charge in [0.25, 0.3) is 10.0 Å². The number of carboxylic acid groups (broad SMARTS) is 1. The third-order valence-corrected chi connectivity index (χ3v) is 10.1. The van der Waals surface area contributed by atoms with Crippen molar-refractivity contribution in [3.8, 4) is 39.6 Å². The van der Waals surface area contributed by atoms with Crippen molar-refractivity contribution in [2.75, 3.05) is 0 Å². The van der Waals surface area contributed by atoms with Crippen LogP contribution in [0, 0.1) is 29.9 Å². The average molecular weight is 645 g/mol. The minimum absolute atomic E-state index is 0.00141. The van der Waals surface area contributed by atoms with E-state index in [-0.39, 0.29) is 37.6 Å². The van der Waals surface area contributed by atoms with E-state index in [1.165, 1.54) is 43.3 Å². The Hall–Kier alpha value is -4.82. The van der Waals surface area contributed by atoms with Gasteiger partial charge in [-0.25, -0.2) is 26.0 Å². The molecule has 0 saturated carbocycles. The van der Waals surface area contributed by atoms with E-state index in [9.17, 15) is 32.4 Å². The van der Waals surface area contributed by atoms with Gasteiger partial charge in [-0.15, -0.1) is 11.3 Å². The number of halogens is 3. The highest BCUT2D eigenvalue weighted by atomic mass is 35.5. The van der Waals surface area contributed by atoms with Crippen molar-refractivity contribution in [2.24, 2.45) is 0 Å². The van der Waals surface area contributed by atoms with Gasteiger partial charge < -0.3 is 5.11 Å². The third-order valence-electron chi connectivity index (χ3n) is 7.25. The zero-order chi connectivity index (χ0) is 31.3. The smallest absolute Gasteiger partial charge is 0.335 e. The first-order valence-corrected chi connectivity index (χ1v) is 15.7. The van der Waals surface area contributed by atoms with Crippen molar-refractivity contribution in [1.29, 1.82) is 5.26 Å². The second-order valence-electron chi connectivity index (χ2n) is 9.92. The number of fused-ring (bicyclic) bond motifs is 1. The Balaban J connectivity index is 1.73. The summed E-state index contributed by atoms with van der Waals surface area (Å²) < 4.78 is 59.0. The number of carboxylic acids is 1. The van der Waals surface area contributed by atoms with Gasteiger partial charge in [0.05, 0.1) is 21.7 Å². The molecular formula is C33H19ClF2N2O4S2. The first kappa shape index (κ1) is 29.3. The molecule has 6 aromatic rings. The fourth-order valence-corrected chi connectivity index (χ4v) is 7.82. The number of carbonyl (C=O) groups is 1. The zero-order valence-corrected chi connectivity index (χ0v) is 25.1. The summed E-state index contributed by atoms with van der Waals surface area (Å²) in [4.78, 5) is 11.6. The number of aryl methyl sites for hydroxylation is 1. The monoisotopic (exact) mass is 644 g/mol. The van der Waals surface area contributed by atoms with Crippen molar-refractivity contribution in [2.45, 2.75) is 11.8 Å². The molecule has 0 saturated heterocycles. The van der Waals surface area contributed by atoms with E-state index in [0.717, 1.165) is 27.4 Å². The summed E-state index contributed by atoms with van der Waals surface area (Å²) in [5.41, 5.74) is 2.63. The number of aromatic carboxylic acids is 1. The highest BCUT2D eigenvalue weighted by Crippen LogP contribution is 2.46. The Kier molecular flexibility index (Phi) is 7.33. The summed E-state index contributed by atoms with van der Waals surface area (Å²) in [6, 6.07) is 22.1. The lowest BCUT2D eigenvalue weighted by Crippen LogP contribution is -2.15. The fourth-order valence-electron chi connectivity index (χ4n) is 5.21. The molecule has 4 aromatic carbocycles. The summed E-state index contributed by atoms with van der Waals surface area (Å²) in [6.07, 6.45) is 0. The summed E-state index contributed by atoms with van der Waals surface area (Å²) >= 11 is 7.64. The number of nitrogens with zero attached hydrogens (tertiary/aromatic N) is 2. The number of rotatable bonds is 6. The Morgan fingerprint density at radius 3 is 2.43 bits per heavy atom. The van der Waals surface area contributed by atoms with Crippen LogP contribution >= 0.6 is 22.9 Å². The third kappa shape index (κ3) is 4.85. The molecule has 6 rings (SSSR count). The predicted molar refractivity (Wildman–Crippen MR) is 166 cm³/mol. The molecular weight excluding hydrogens is 626 g/mol. The van der Waals surface area contributed by atoms with Crippen molar-refractivity contribution in [1.82, 2.24) is 3.97 Å². The molecule has 0 atom stereocenters. The highest BCUT2D eigenvalue weighted by molar-refractivity contribution is 7.90. The van der Waals surface area contributed by atoms with Crippen LogP contribution in [-0.4, -0.2) is 23.5 Å². The number of nitriles is 1. The van der Waals surface area contributed by atoms with Gasteiger partial charge in [0.15, 0.2) is 0 Å². The summed E-state index contributed by atoms with van der Waals surface area (Å²) in [5.74, 6) is -2.32. The van der Waals surface area contributed by atoms with E-state index in [4.69, 9.17) is 11.6 Å². The molecule has 0 aliphatic carbocycles. The largest absolute Gasteiger partial charge is 0.478 e. The van der Waals surface area contributed by atoms with Gasteiger partial charge in [-0.1, -0.05) is 35.9 Å². The Morgan fingerprint density at radius 1 is 0.955 bits per heavy atom. The Morgan fingerprint density at radius 2 is 1.73 bits per heavy atom. The molecule has 0 unspecified atom stereocenters. The Bertz CT molecular complexity index is 2300. The van der Waals surface area contributed by atoms with Crippen LogP contribution in [0.3, 0.4) is 0 Å². The van der Waals surface area contributed by atoms with Crippen LogP contribution in [0.15, 0.2) is 95.2 Å². The van der Waals surface area contributed by atoms with Crippen LogP contribution in [-0.2, 0) is 10.0 Å². The van der Waals surface area contributed by atoms with Crippen LogP contribution in [0.4, 0.5) is 8.78 Å². The van der Waals surface area contributed by atoms with Crippen LogP contribution in [0.5, 0.6) is 0 Å². The topological polar surface area (TPSA) is 100 Å². The molecule has 0 spiro atoms. The number of aromatic nitrogens is 1. The highest BCUT2D eigenvalue weighted by Gasteiger charge is 2.30. The Labute approximate surface area is 259 Å². The first-order valence-electron chi connectivity index (χ1n) is 13.0. The summed E-state index contributed by atoms with van der Waals surface area (Å²) in [6.45, 7) is 1.46. The van der Waals surface area contributed by atoms with Crippen molar-refractivity contribution < 1.29 is 27.1 Å². The second kappa shape index (κ2) is 11.0. The molecule has 11 heteroatoms. The van der Waals surface area contributed by atoms with Crippen molar-refractivity contribution >= 4 is 49.8 Å². The lowest BCUT2D eigenvalue weighted by Gasteiger charge is -2.15. The lowest BCUT2D eigenvalue weighted by molar-refractivity contribution is 0.0697. The molecule has 0 bridgehead atoms. The maximum absolute atomic E-state index is 14.8. The van der Waals surface area contributed by atoms with Crippen LogP contribution in [0.1, 0.15) is 20.8 Å². The molecule has 2 heterocycles. The maximum Gasteiger partial charge on any atom is 0.335 e. The first-order chi connectivity index (χ1) is 21.0. The van der Waals surface area contributed by atoms with Crippen LogP contribution in [0.25, 0.3) is 44.4 Å². The zero-order valence-electron chi connectivity index (χ0n) is 22.7. The second-order valence-corrected chi connectivity index (χ2v) is 13.0. The maximum atomic E-state index is 14.8. The number of hydrogen-bond donors (Lipinski definition) is 1. The molecule has 1 N–H and O–H groups in total. The molecule has 0 aliphatic heterocycles. The number of benzene rings is 4. The van der Waals surface area contributed by atoms with Gasteiger partial charge in [0, 0.05) is 32.7 Å². The predicted octanol–water partition coefficient (Wildman–Crippen LogP) is 8.75. The summed E-state index contributed by atoms with van der Waals surface area (Å²) in [7, 11) is -4.43. The molecule has 2 aromatic heterocycles. The molecule has 44 heavy (non-hydrogen) atoms. The molecule has 0 aliphatic rings. The van der Waals surface area contributed by atoms with Gasteiger partial charge >= 0.3 is 5.97 Å². The normalized spacial score (nSPS) is 11.5. The van der Waals surface area contributed by atoms with Gasteiger partial charge in [-0.2, -0.15) is 5.26 Å². The SMILES string of the molecule is Cc1cc(S(=O)(=O)n2c(-c3cccc(-c4ccc(C(=O)O)cc4Cl)c3)c(-c3ccsc3C#N)c3cc(F)ccc32)ccc1F. The quantitative estimate of drug-likeness (QED) is 0.195. The fraction of sp³-hybridized carbons (Fsp3) is 0.0303. The lowest BCUT2D eigenvalue weighted by atomic mass is 9.96. The van der Waals surface area contributed by atoms with Gasteiger partial charge in [0.1, 0.15) is 22.6 Å². The molecule has 0 amide bonds. The molecule has 218 valence electrons. The van der Waals surface area contributed by atoms with E-state index in [1.54, 1.807) is 41.8 Å². The van der Waals surface area contributed by atoms with Crippen molar-refractivity contribution in [3.63, 3.8) is 0 Å². The average Bonchev–Trinajstić information content (AvgIpc) is 3.60. The van der Waals surface area contributed by atoms with Gasteiger partial charge in [-0.3, -0.25) is 0 Å².